The van der Waals surface area contributed by atoms with Crippen molar-refractivity contribution < 1.29 is 28.0 Å². The van der Waals surface area contributed by atoms with Crippen molar-refractivity contribution in [2.45, 2.75) is 26.6 Å². The number of halogens is 3. The van der Waals surface area contributed by atoms with Gasteiger partial charge in [-0.1, -0.05) is 12.1 Å². The number of rotatable bonds is 6. The topological polar surface area (TPSA) is 99.6 Å². The number of ether oxygens (including phenoxy) is 1. The maximum atomic E-state index is 14.0. The number of aryl methyl sites for hydroxylation is 2. The molecule has 0 unspecified atom stereocenters. The molecule has 9 nitrogen and oxygen atoms in total. The average Bonchev–Trinajstić information content (AvgIpc) is 3.35. The molecule has 1 amide bonds. The number of aromatic nitrogens is 2. The van der Waals surface area contributed by atoms with Crippen molar-refractivity contribution in [1.82, 2.24) is 19.8 Å². The van der Waals surface area contributed by atoms with E-state index < -0.39 is 17.6 Å². The first-order valence-electron chi connectivity index (χ1n) is 12.5. The van der Waals surface area contributed by atoms with Gasteiger partial charge in [0.25, 0.3) is 17.6 Å². The van der Waals surface area contributed by atoms with Crippen LogP contribution in [0.1, 0.15) is 32.9 Å². The standard InChI is InChI=1S/C27H28F3N7O2/c1-16-4-7-20(39-26-23-24(32-15-31-23)33-17(2)34-26)13-21(16)25(38)35-19-6-5-18(22(12-19)27(28,29)30)14-37-10-8-36(3)9-11-37/h4-7,12-13,15H,8-11,14H2,1-3H3,(H,35,38)(H,31,32,33,34)/p+1. The van der Waals surface area contributed by atoms with Gasteiger partial charge in [-0.2, -0.15) is 28.1 Å². The number of piperazine rings is 1. The third kappa shape index (κ3) is 6.08. The number of likely N-dealkylation sites (N-methyl/N-ethyl adjacent to an activating group) is 1. The monoisotopic (exact) mass is 540 g/mol. The van der Waals surface area contributed by atoms with Crippen molar-refractivity contribution in [3.05, 3.63) is 64.5 Å². The van der Waals surface area contributed by atoms with Crippen LogP contribution >= 0.6 is 0 Å². The Morgan fingerprint density at radius 1 is 1.08 bits per heavy atom. The summed E-state index contributed by atoms with van der Waals surface area (Å²) >= 11 is 0. The first-order valence-corrected chi connectivity index (χ1v) is 12.5. The van der Waals surface area contributed by atoms with E-state index in [4.69, 9.17) is 4.74 Å². The van der Waals surface area contributed by atoms with Gasteiger partial charge in [0.2, 0.25) is 5.69 Å². The summed E-state index contributed by atoms with van der Waals surface area (Å²) in [6.45, 7) is 6.69. The molecule has 3 aromatic rings. The Morgan fingerprint density at radius 3 is 2.59 bits per heavy atom. The number of hydrogen-bond acceptors (Lipinski definition) is 7. The van der Waals surface area contributed by atoms with E-state index in [0.717, 1.165) is 19.2 Å². The average molecular weight is 541 g/mol. The Balaban J connectivity index is 1.35. The van der Waals surface area contributed by atoms with Crippen LogP contribution in [0.2, 0.25) is 0 Å². The smallest absolute Gasteiger partial charge is 0.416 e. The summed E-state index contributed by atoms with van der Waals surface area (Å²) in [4.78, 5) is 30.2. The van der Waals surface area contributed by atoms with Gasteiger partial charge in [-0.25, -0.2) is 0 Å². The number of carbonyl (C=O) groups is 1. The molecule has 1 aromatic heterocycles. The van der Waals surface area contributed by atoms with Gasteiger partial charge in [-0.3, -0.25) is 15.0 Å². The van der Waals surface area contributed by atoms with Gasteiger partial charge in [0.1, 0.15) is 11.6 Å². The second-order valence-electron chi connectivity index (χ2n) is 9.74. The van der Waals surface area contributed by atoms with Crippen molar-refractivity contribution in [1.29, 1.82) is 0 Å². The van der Waals surface area contributed by atoms with Crippen LogP contribution in [-0.2, 0) is 12.7 Å². The highest BCUT2D eigenvalue weighted by molar-refractivity contribution is 6.05. The molecule has 12 heteroatoms. The van der Waals surface area contributed by atoms with E-state index >= 15 is 0 Å². The molecule has 2 aromatic carbocycles. The number of anilines is 1. The van der Waals surface area contributed by atoms with Crippen LogP contribution in [0.4, 0.5) is 30.4 Å². The molecule has 0 bridgehead atoms. The van der Waals surface area contributed by atoms with Crippen molar-refractivity contribution in [3.63, 3.8) is 0 Å². The Morgan fingerprint density at radius 2 is 1.85 bits per heavy atom. The van der Waals surface area contributed by atoms with E-state index in [1.165, 1.54) is 18.2 Å². The zero-order chi connectivity index (χ0) is 27.7. The number of nitrogens with two attached hydrogens (primary N) is 1. The molecule has 0 aliphatic carbocycles. The van der Waals surface area contributed by atoms with Crippen LogP contribution in [0.5, 0.6) is 11.6 Å². The number of carbonyl (C=O) groups excluding carboxylic acids is 1. The Kier molecular flexibility index (Phi) is 7.34. The third-order valence-corrected chi connectivity index (χ3v) is 6.76. The molecule has 0 atom stereocenters. The lowest BCUT2D eigenvalue weighted by Crippen LogP contribution is -2.74. The largest absolute Gasteiger partial charge is 0.437 e. The maximum Gasteiger partial charge on any atom is 0.416 e. The minimum absolute atomic E-state index is 0.0642. The number of nitrogens with one attached hydrogen (secondary N) is 1. The van der Waals surface area contributed by atoms with Gasteiger partial charge >= 0.3 is 6.18 Å². The lowest BCUT2D eigenvalue weighted by Gasteiger charge is -2.33. The summed E-state index contributed by atoms with van der Waals surface area (Å²) in [6.07, 6.45) is -2.95. The van der Waals surface area contributed by atoms with Gasteiger partial charge < -0.3 is 15.0 Å². The number of hydrogen-bond donors (Lipinski definition) is 2. The predicted octanol–water partition coefficient (Wildman–Crippen LogP) is 3.77. The first-order chi connectivity index (χ1) is 18.6. The molecule has 3 heterocycles. The molecule has 5 rings (SSSR count). The van der Waals surface area contributed by atoms with E-state index in [9.17, 15) is 18.0 Å². The molecule has 1 saturated heterocycles. The Hall–Kier alpha value is -3.87. The van der Waals surface area contributed by atoms with Gasteiger partial charge in [0, 0.05) is 44.0 Å². The van der Waals surface area contributed by atoms with Crippen LogP contribution in [0.25, 0.3) is 0 Å². The minimum atomic E-state index is -4.55. The van der Waals surface area contributed by atoms with E-state index in [-0.39, 0.29) is 29.2 Å². The van der Waals surface area contributed by atoms with Crippen molar-refractivity contribution in [2.24, 2.45) is 4.99 Å². The number of amides is 1. The van der Waals surface area contributed by atoms with Crippen LogP contribution in [0.15, 0.2) is 41.4 Å². The highest BCUT2D eigenvalue weighted by atomic mass is 19.4. The SMILES string of the molecule is Cc1nc2c(c(Oc3ccc(C)c(C(=O)Nc4ccc(CN5CCN(C)CC5)c(C(F)(F)F)c4)c3)n1)N=C[NH2+]2. The van der Waals surface area contributed by atoms with E-state index in [2.05, 4.69) is 25.2 Å². The number of quaternary nitrogens is 1. The molecule has 204 valence electrons. The molecular formula is C27H29F3N7O2+. The van der Waals surface area contributed by atoms with Gasteiger partial charge in [0.05, 0.1) is 5.56 Å². The Bertz CT molecular complexity index is 1430. The molecule has 2 aliphatic heterocycles. The van der Waals surface area contributed by atoms with Crippen molar-refractivity contribution in [2.75, 3.05) is 38.5 Å². The number of aliphatic imine (C=N–C) groups is 1. The minimum Gasteiger partial charge on any atom is -0.437 e. The lowest BCUT2D eigenvalue weighted by atomic mass is 10.0. The third-order valence-electron chi connectivity index (χ3n) is 6.76. The van der Waals surface area contributed by atoms with Crippen LogP contribution < -0.4 is 15.4 Å². The summed E-state index contributed by atoms with van der Waals surface area (Å²) in [5.74, 6) is 1.19. The van der Waals surface area contributed by atoms with Crippen LogP contribution in [0, 0.1) is 13.8 Å². The molecule has 0 radical (unpaired) electrons. The molecule has 3 N–H and O–H groups in total. The lowest BCUT2D eigenvalue weighted by molar-refractivity contribution is -0.432. The molecule has 1 fully saturated rings. The van der Waals surface area contributed by atoms with Crippen LogP contribution in [-0.4, -0.2) is 65.2 Å². The number of nitrogens with zero attached hydrogens (tertiary/aromatic N) is 5. The summed E-state index contributed by atoms with van der Waals surface area (Å²) in [5.41, 5.74) is 0.887. The van der Waals surface area contributed by atoms with Gasteiger partial charge in [-0.05, 0) is 56.3 Å². The van der Waals surface area contributed by atoms with Crippen molar-refractivity contribution >= 4 is 29.4 Å². The molecule has 0 saturated carbocycles. The van der Waals surface area contributed by atoms with Gasteiger partial charge in [-0.15, -0.1) is 0 Å². The summed E-state index contributed by atoms with van der Waals surface area (Å²) in [6, 6.07) is 8.87. The zero-order valence-corrected chi connectivity index (χ0v) is 21.8. The van der Waals surface area contributed by atoms with E-state index in [1.807, 2.05) is 11.9 Å². The number of fused-ring (bicyclic) bond motifs is 1. The van der Waals surface area contributed by atoms with E-state index in [0.29, 0.717) is 41.7 Å². The highest BCUT2D eigenvalue weighted by Crippen LogP contribution is 2.36. The van der Waals surface area contributed by atoms with E-state index in [1.54, 1.807) is 37.6 Å². The fourth-order valence-electron chi connectivity index (χ4n) is 4.58. The first kappa shape index (κ1) is 26.7. The molecule has 39 heavy (non-hydrogen) atoms. The van der Waals surface area contributed by atoms with Crippen LogP contribution in [0.3, 0.4) is 0 Å². The molecule has 0 spiro atoms. The summed E-state index contributed by atoms with van der Waals surface area (Å²) in [5, 5.41) is 4.37. The summed E-state index contributed by atoms with van der Waals surface area (Å²) < 4.78 is 47.9. The second-order valence-corrected chi connectivity index (χ2v) is 9.74. The van der Waals surface area contributed by atoms with Gasteiger partial charge in [0.15, 0.2) is 6.34 Å². The normalized spacial score (nSPS) is 15.8. The molecule has 2 aliphatic rings. The number of alkyl halides is 3. The molecular weight excluding hydrogens is 511 g/mol. The fourth-order valence-corrected chi connectivity index (χ4v) is 4.58. The zero-order valence-electron chi connectivity index (χ0n) is 21.8. The summed E-state index contributed by atoms with van der Waals surface area (Å²) in [7, 11) is 2.00. The Labute approximate surface area is 223 Å². The second kappa shape index (κ2) is 10.7. The quantitative estimate of drug-likeness (QED) is 0.494. The predicted molar refractivity (Wildman–Crippen MR) is 140 cm³/mol. The fraction of sp³-hybridized carbons (Fsp3) is 0.333. The highest BCUT2D eigenvalue weighted by Gasteiger charge is 2.34. The number of benzene rings is 2. The maximum absolute atomic E-state index is 14.0. The van der Waals surface area contributed by atoms with Crippen molar-refractivity contribution in [3.8, 4) is 11.6 Å².